The van der Waals surface area contributed by atoms with Crippen molar-refractivity contribution in [3.05, 3.63) is 58.5 Å². The summed E-state index contributed by atoms with van der Waals surface area (Å²) in [7, 11) is 0. The highest BCUT2D eigenvalue weighted by atomic mass is 79.9. The third-order valence-corrected chi connectivity index (χ3v) is 2.24. The standard InChI is InChI=1S/C11H7BrO2/c12-9-6-10(14-7-9)11(13)8-4-2-1-3-5-8/h1-7H. The van der Waals surface area contributed by atoms with Gasteiger partial charge in [0, 0.05) is 11.6 Å². The molecule has 0 aliphatic carbocycles. The summed E-state index contributed by atoms with van der Waals surface area (Å²) in [4.78, 5) is 11.7. The largest absolute Gasteiger partial charge is 0.460 e. The van der Waals surface area contributed by atoms with Gasteiger partial charge in [-0.3, -0.25) is 4.79 Å². The molecule has 1 aromatic heterocycles. The molecule has 0 N–H and O–H groups in total. The molecule has 1 heterocycles. The van der Waals surface area contributed by atoms with Gasteiger partial charge in [0.15, 0.2) is 5.76 Å². The van der Waals surface area contributed by atoms with Crippen LogP contribution in [0.4, 0.5) is 0 Å². The SMILES string of the molecule is O=C(c1ccccc1)c1cc(Br)co1. The van der Waals surface area contributed by atoms with Gasteiger partial charge in [0.1, 0.15) is 6.26 Å². The van der Waals surface area contributed by atoms with Crippen LogP contribution in [0.5, 0.6) is 0 Å². The van der Waals surface area contributed by atoms with E-state index < -0.39 is 0 Å². The summed E-state index contributed by atoms with van der Waals surface area (Å²) in [5.74, 6) is 0.249. The monoisotopic (exact) mass is 250 g/mol. The molecule has 0 saturated carbocycles. The van der Waals surface area contributed by atoms with Crippen molar-refractivity contribution in [2.75, 3.05) is 0 Å². The molecule has 0 amide bonds. The van der Waals surface area contributed by atoms with Gasteiger partial charge in [-0.15, -0.1) is 0 Å². The summed E-state index contributed by atoms with van der Waals surface area (Å²) >= 11 is 3.23. The molecule has 14 heavy (non-hydrogen) atoms. The summed E-state index contributed by atoms with van der Waals surface area (Å²) in [5, 5.41) is 0. The number of carbonyl (C=O) groups is 1. The van der Waals surface area contributed by atoms with Crippen molar-refractivity contribution in [1.82, 2.24) is 0 Å². The minimum Gasteiger partial charge on any atom is -0.460 e. The zero-order valence-electron chi connectivity index (χ0n) is 7.24. The smallest absolute Gasteiger partial charge is 0.228 e. The molecule has 0 spiro atoms. The lowest BCUT2D eigenvalue weighted by Crippen LogP contribution is -1.98. The number of halogens is 1. The highest BCUT2D eigenvalue weighted by Gasteiger charge is 2.11. The molecule has 1 aromatic carbocycles. The fourth-order valence-corrected chi connectivity index (χ4v) is 1.47. The lowest BCUT2D eigenvalue weighted by atomic mass is 10.1. The Kier molecular flexibility index (Phi) is 2.50. The molecule has 0 aliphatic heterocycles. The molecule has 2 rings (SSSR count). The van der Waals surface area contributed by atoms with Crippen LogP contribution in [0.1, 0.15) is 16.1 Å². The number of hydrogen-bond donors (Lipinski definition) is 0. The van der Waals surface area contributed by atoms with Gasteiger partial charge >= 0.3 is 0 Å². The summed E-state index contributed by atoms with van der Waals surface area (Å²) < 4.78 is 5.86. The average molecular weight is 251 g/mol. The Bertz CT molecular complexity index is 445. The van der Waals surface area contributed by atoms with Crippen LogP contribution in [-0.2, 0) is 0 Å². The molecule has 0 aliphatic rings. The fraction of sp³-hybridized carbons (Fsp3) is 0. The highest BCUT2D eigenvalue weighted by molar-refractivity contribution is 9.10. The summed E-state index contributed by atoms with van der Waals surface area (Å²) in [6.45, 7) is 0. The van der Waals surface area contributed by atoms with Crippen molar-refractivity contribution in [1.29, 1.82) is 0 Å². The van der Waals surface area contributed by atoms with Crippen molar-refractivity contribution < 1.29 is 9.21 Å². The van der Waals surface area contributed by atoms with E-state index in [1.54, 1.807) is 18.2 Å². The molecule has 0 radical (unpaired) electrons. The van der Waals surface area contributed by atoms with Crippen LogP contribution in [0.2, 0.25) is 0 Å². The molecule has 2 aromatic rings. The second kappa shape index (κ2) is 3.80. The lowest BCUT2D eigenvalue weighted by Gasteiger charge is -1.95. The van der Waals surface area contributed by atoms with Crippen LogP contribution in [0.15, 0.2) is 51.6 Å². The van der Waals surface area contributed by atoms with Crippen molar-refractivity contribution in [2.24, 2.45) is 0 Å². The Hall–Kier alpha value is -1.35. The predicted octanol–water partition coefficient (Wildman–Crippen LogP) is 3.27. The molecule has 3 heteroatoms. The van der Waals surface area contributed by atoms with Gasteiger partial charge in [-0.05, 0) is 15.9 Å². The summed E-state index contributed by atoms with van der Waals surface area (Å²) in [5.41, 5.74) is 0.634. The maximum absolute atomic E-state index is 11.7. The van der Waals surface area contributed by atoms with Gasteiger partial charge < -0.3 is 4.42 Å². The Balaban J connectivity index is 2.34. The minimum absolute atomic E-state index is 0.101. The first kappa shape index (κ1) is 9.21. The second-order valence-electron chi connectivity index (χ2n) is 2.82. The van der Waals surface area contributed by atoms with Gasteiger partial charge in [0.05, 0.1) is 4.47 Å². The normalized spacial score (nSPS) is 10.1. The maximum atomic E-state index is 11.7. The van der Waals surface area contributed by atoms with Crippen LogP contribution >= 0.6 is 15.9 Å². The number of hydrogen-bond acceptors (Lipinski definition) is 2. The van der Waals surface area contributed by atoms with Crippen molar-refractivity contribution in [2.45, 2.75) is 0 Å². The Labute approximate surface area is 89.7 Å². The molecule has 0 bridgehead atoms. The predicted molar refractivity (Wildman–Crippen MR) is 56.3 cm³/mol. The molecule has 0 atom stereocenters. The van der Waals surface area contributed by atoms with E-state index in [0.29, 0.717) is 11.3 Å². The van der Waals surface area contributed by atoms with E-state index in [-0.39, 0.29) is 5.78 Å². The van der Waals surface area contributed by atoms with E-state index in [2.05, 4.69) is 15.9 Å². The maximum Gasteiger partial charge on any atom is 0.228 e. The van der Waals surface area contributed by atoms with Crippen LogP contribution in [0.25, 0.3) is 0 Å². The van der Waals surface area contributed by atoms with E-state index in [9.17, 15) is 4.79 Å². The molecule has 70 valence electrons. The van der Waals surface area contributed by atoms with E-state index in [4.69, 9.17) is 4.42 Å². The van der Waals surface area contributed by atoms with Gasteiger partial charge in [-0.1, -0.05) is 30.3 Å². The quantitative estimate of drug-likeness (QED) is 0.766. The fourth-order valence-electron chi connectivity index (χ4n) is 1.16. The first-order chi connectivity index (χ1) is 6.77. The first-order valence-corrected chi connectivity index (χ1v) is 4.90. The number of furan rings is 1. The third kappa shape index (κ3) is 1.77. The van der Waals surface area contributed by atoms with Crippen molar-refractivity contribution >= 4 is 21.7 Å². The van der Waals surface area contributed by atoms with Gasteiger partial charge in [-0.25, -0.2) is 0 Å². The molecular weight excluding hydrogens is 244 g/mol. The van der Waals surface area contributed by atoms with Crippen LogP contribution in [0.3, 0.4) is 0 Å². The lowest BCUT2D eigenvalue weighted by molar-refractivity contribution is 0.101. The number of benzene rings is 1. The molecular formula is C11H7BrO2. The van der Waals surface area contributed by atoms with E-state index in [0.717, 1.165) is 4.47 Å². The topological polar surface area (TPSA) is 30.2 Å². The molecule has 0 unspecified atom stereocenters. The van der Waals surface area contributed by atoms with Crippen LogP contribution < -0.4 is 0 Å². The molecule has 0 fully saturated rings. The van der Waals surface area contributed by atoms with Gasteiger partial charge in [-0.2, -0.15) is 0 Å². The Morgan fingerprint density at radius 3 is 2.50 bits per heavy atom. The van der Waals surface area contributed by atoms with Crippen LogP contribution in [-0.4, -0.2) is 5.78 Å². The van der Waals surface area contributed by atoms with Crippen molar-refractivity contribution in [3.8, 4) is 0 Å². The minimum atomic E-state index is -0.101. The van der Waals surface area contributed by atoms with E-state index in [1.807, 2.05) is 18.2 Å². The van der Waals surface area contributed by atoms with Gasteiger partial charge in [0.25, 0.3) is 0 Å². The third-order valence-electron chi connectivity index (χ3n) is 1.83. The Morgan fingerprint density at radius 2 is 1.93 bits per heavy atom. The summed E-state index contributed by atoms with van der Waals surface area (Å²) in [6, 6.07) is 10.7. The molecule has 0 saturated heterocycles. The Morgan fingerprint density at radius 1 is 1.21 bits per heavy atom. The number of ketones is 1. The first-order valence-electron chi connectivity index (χ1n) is 4.11. The number of rotatable bonds is 2. The van der Waals surface area contributed by atoms with Crippen LogP contribution in [0, 0.1) is 0 Å². The zero-order chi connectivity index (χ0) is 9.97. The number of carbonyl (C=O) groups excluding carboxylic acids is 1. The average Bonchev–Trinajstić information content (AvgIpc) is 2.65. The van der Waals surface area contributed by atoms with Gasteiger partial charge in [0.2, 0.25) is 5.78 Å². The van der Waals surface area contributed by atoms with Crippen molar-refractivity contribution in [3.63, 3.8) is 0 Å². The zero-order valence-corrected chi connectivity index (χ0v) is 8.82. The van der Waals surface area contributed by atoms with E-state index >= 15 is 0 Å². The van der Waals surface area contributed by atoms with E-state index in [1.165, 1.54) is 6.26 Å². The second-order valence-corrected chi connectivity index (χ2v) is 3.74. The summed E-state index contributed by atoms with van der Waals surface area (Å²) in [6.07, 6.45) is 1.50. The molecule has 2 nitrogen and oxygen atoms in total. The highest BCUT2D eigenvalue weighted by Crippen LogP contribution is 2.17.